The van der Waals surface area contributed by atoms with E-state index in [1.54, 1.807) is 34.7 Å². The normalized spacial score (nSPS) is 17.1. The fraction of sp³-hybridized carbons (Fsp3) is 0.333. The molecular formula is C24H25N3O4S3. The molecular weight excluding hydrogens is 490 g/mol. The number of para-hydroxylation sites is 1. The second-order valence-electron chi connectivity index (χ2n) is 8.55. The van der Waals surface area contributed by atoms with Crippen molar-refractivity contribution < 1.29 is 17.6 Å². The Morgan fingerprint density at radius 3 is 2.79 bits per heavy atom. The van der Waals surface area contributed by atoms with Crippen molar-refractivity contribution >= 4 is 54.0 Å². The number of carbonyl (C=O) groups excluding carboxylic acids is 1. The second-order valence-corrected chi connectivity index (χ2v) is 12.6. The second kappa shape index (κ2) is 9.26. The SMILES string of the molecule is CC(C)c1cccc2sc(N(Cc3ccco3)C(=O)C3CCCN3S(=O)(=O)c3cccs3)nc12. The van der Waals surface area contributed by atoms with Gasteiger partial charge in [0.1, 0.15) is 16.0 Å². The molecule has 0 spiro atoms. The third-order valence-corrected chi connectivity index (χ3v) is 10.3. The third-order valence-electron chi connectivity index (χ3n) is 6.00. The van der Waals surface area contributed by atoms with Crippen molar-refractivity contribution in [3.8, 4) is 0 Å². The summed E-state index contributed by atoms with van der Waals surface area (Å²) >= 11 is 2.61. The van der Waals surface area contributed by atoms with Crippen molar-refractivity contribution in [2.75, 3.05) is 11.4 Å². The number of nitrogens with zero attached hydrogens (tertiary/aromatic N) is 3. The van der Waals surface area contributed by atoms with Gasteiger partial charge in [0, 0.05) is 6.54 Å². The molecule has 1 aromatic carbocycles. The predicted molar refractivity (Wildman–Crippen MR) is 135 cm³/mol. The molecule has 5 rings (SSSR count). The van der Waals surface area contributed by atoms with E-state index >= 15 is 0 Å². The molecule has 34 heavy (non-hydrogen) atoms. The maximum absolute atomic E-state index is 13.9. The van der Waals surface area contributed by atoms with E-state index in [2.05, 4.69) is 19.9 Å². The summed E-state index contributed by atoms with van der Waals surface area (Å²) in [5, 5.41) is 2.28. The highest BCUT2D eigenvalue weighted by Gasteiger charge is 2.42. The Morgan fingerprint density at radius 2 is 2.09 bits per heavy atom. The number of thiophene rings is 1. The van der Waals surface area contributed by atoms with Crippen molar-refractivity contribution in [2.24, 2.45) is 0 Å². The van der Waals surface area contributed by atoms with Gasteiger partial charge >= 0.3 is 0 Å². The number of sulfonamides is 1. The average Bonchev–Trinajstić information content (AvgIpc) is 3.63. The number of fused-ring (bicyclic) bond motifs is 1. The van der Waals surface area contributed by atoms with Crippen LogP contribution < -0.4 is 4.90 Å². The molecule has 178 valence electrons. The molecule has 4 aromatic rings. The number of thiazole rings is 1. The smallest absolute Gasteiger partial charge is 0.253 e. The van der Waals surface area contributed by atoms with Crippen LogP contribution in [0.15, 0.2) is 62.7 Å². The summed E-state index contributed by atoms with van der Waals surface area (Å²) < 4.78 is 34.7. The molecule has 0 radical (unpaired) electrons. The number of rotatable bonds is 7. The fourth-order valence-electron chi connectivity index (χ4n) is 4.32. The molecule has 1 atom stereocenters. The average molecular weight is 516 g/mol. The van der Waals surface area contributed by atoms with E-state index in [1.807, 2.05) is 18.2 Å². The van der Waals surface area contributed by atoms with Crippen LogP contribution in [0.1, 0.15) is 43.9 Å². The van der Waals surface area contributed by atoms with E-state index in [0.717, 1.165) is 15.8 Å². The van der Waals surface area contributed by atoms with Crippen LogP contribution >= 0.6 is 22.7 Å². The van der Waals surface area contributed by atoms with Crippen LogP contribution in [0.5, 0.6) is 0 Å². The van der Waals surface area contributed by atoms with Gasteiger partial charge in [-0.1, -0.05) is 43.4 Å². The standard InChI is InChI=1S/C24H25N3O4S3/c1-16(2)18-8-3-10-20-22(18)25-24(33-20)26(15-17-7-5-13-31-17)23(28)19-9-4-12-27(19)34(29,30)21-11-6-14-32-21/h3,5-8,10-11,13-14,16,19H,4,9,12,15H2,1-2H3. The van der Waals surface area contributed by atoms with E-state index in [1.165, 1.54) is 27.0 Å². The minimum Gasteiger partial charge on any atom is -0.467 e. The van der Waals surface area contributed by atoms with Crippen LogP contribution in [0, 0.1) is 0 Å². The number of carbonyl (C=O) groups is 1. The molecule has 0 aliphatic carbocycles. The van der Waals surface area contributed by atoms with Crippen LogP contribution in [0.3, 0.4) is 0 Å². The Balaban J connectivity index is 1.54. The summed E-state index contributed by atoms with van der Waals surface area (Å²) in [6.07, 6.45) is 2.67. The number of furan rings is 1. The summed E-state index contributed by atoms with van der Waals surface area (Å²) in [7, 11) is -3.75. The molecule has 1 saturated heterocycles. The van der Waals surface area contributed by atoms with Crippen LogP contribution in [0.4, 0.5) is 5.13 Å². The number of hydrogen-bond acceptors (Lipinski definition) is 7. The van der Waals surface area contributed by atoms with Crippen molar-refractivity contribution in [1.29, 1.82) is 0 Å². The maximum atomic E-state index is 13.9. The highest BCUT2D eigenvalue weighted by atomic mass is 32.2. The molecule has 1 aliphatic heterocycles. The first-order valence-electron chi connectivity index (χ1n) is 11.1. The molecule has 4 heterocycles. The van der Waals surface area contributed by atoms with E-state index in [4.69, 9.17) is 9.40 Å². The molecule has 0 N–H and O–H groups in total. The molecule has 1 unspecified atom stereocenters. The predicted octanol–water partition coefficient (Wildman–Crippen LogP) is 5.46. The van der Waals surface area contributed by atoms with Gasteiger partial charge in [-0.25, -0.2) is 13.4 Å². The zero-order chi connectivity index (χ0) is 23.9. The van der Waals surface area contributed by atoms with Crippen LogP contribution in [-0.4, -0.2) is 36.2 Å². The Morgan fingerprint density at radius 1 is 1.24 bits per heavy atom. The molecule has 7 nitrogen and oxygen atoms in total. The maximum Gasteiger partial charge on any atom is 0.253 e. The van der Waals surface area contributed by atoms with Gasteiger partial charge < -0.3 is 4.42 Å². The largest absolute Gasteiger partial charge is 0.467 e. The number of anilines is 1. The summed E-state index contributed by atoms with van der Waals surface area (Å²) in [5.74, 6) is 0.621. The van der Waals surface area contributed by atoms with E-state index in [0.29, 0.717) is 30.3 Å². The molecule has 3 aromatic heterocycles. The van der Waals surface area contributed by atoms with Crippen LogP contribution in [0.2, 0.25) is 0 Å². The van der Waals surface area contributed by atoms with Gasteiger partial charge in [0.15, 0.2) is 5.13 Å². The van der Waals surface area contributed by atoms with Gasteiger partial charge in [-0.15, -0.1) is 11.3 Å². The Bertz CT molecular complexity index is 1390. The Hall–Kier alpha value is -2.53. The number of amides is 1. The summed E-state index contributed by atoms with van der Waals surface area (Å²) in [4.78, 5) is 20.4. The number of benzene rings is 1. The lowest BCUT2D eigenvalue weighted by Crippen LogP contribution is -2.47. The summed E-state index contributed by atoms with van der Waals surface area (Å²) in [5.41, 5.74) is 2.00. The lowest BCUT2D eigenvalue weighted by Gasteiger charge is -2.27. The van der Waals surface area contributed by atoms with Gasteiger partial charge in [0.25, 0.3) is 10.0 Å². The molecule has 1 fully saturated rings. The van der Waals surface area contributed by atoms with Gasteiger partial charge in [-0.3, -0.25) is 9.69 Å². The lowest BCUT2D eigenvalue weighted by atomic mass is 10.0. The Kier molecular flexibility index (Phi) is 6.32. The zero-order valence-corrected chi connectivity index (χ0v) is 21.3. The first-order chi connectivity index (χ1) is 16.4. The van der Waals surface area contributed by atoms with Crippen LogP contribution in [-0.2, 0) is 21.4 Å². The van der Waals surface area contributed by atoms with Gasteiger partial charge in [-0.2, -0.15) is 4.31 Å². The highest BCUT2D eigenvalue weighted by Crippen LogP contribution is 2.36. The molecule has 0 saturated carbocycles. The minimum atomic E-state index is -3.75. The quantitative estimate of drug-likeness (QED) is 0.326. The van der Waals surface area contributed by atoms with Gasteiger partial charge in [0.05, 0.1) is 23.0 Å². The van der Waals surface area contributed by atoms with Crippen molar-refractivity contribution in [1.82, 2.24) is 9.29 Å². The molecule has 1 aliphatic rings. The van der Waals surface area contributed by atoms with Crippen molar-refractivity contribution in [3.05, 3.63) is 65.4 Å². The zero-order valence-electron chi connectivity index (χ0n) is 18.9. The first-order valence-corrected chi connectivity index (χ1v) is 14.3. The summed E-state index contributed by atoms with van der Waals surface area (Å²) in [6.45, 7) is 4.74. The van der Waals surface area contributed by atoms with E-state index in [-0.39, 0.29) is 22.6 Å². The minimum absolute atomic E-state index is 0.187. The number of hydrogen-bond donors (Lipinski definition) is 0. The molecule has 10 heteroatoms. The van der Waals surface area contributed by atoms with Crippen molar-refractivity contribution in [3.63, 3.8) is 0 Å². The highest BCUT2D eigenvalue weighted by molar-refractivity contribution is 7.91. The van der Waals surface area contributed by atoms with E-state index in [9.17, 15) is 13.2 Å². The van der Waals surface area contributed by atoms with Gasteiger partial charge in [-0.05, 0) is 54.0 Å². The molecule has 1 amide bonds. The topological polar surface area (TPSA) is 83.7 Å². The van der Waals surface area contributed by atoms with Gasteiger partial charge in [0.2, 0.25) is 5.91 Å². The Labute approximate surface area is 206 Å². The first kappa shape index (κ1) is 23.2. The van der Waals surface area contributed by atoms with Crippen molar-refractivity contribution in [2.45, 2.75) is 49.4 Å². The lowest BCUT2D eigenvalue weighted by molar-refractivity contribution is -0.121. The molecule has 0 bridgehead atoms. The monoisotopic (exact) mass is 515 g/mol. The van der Waals surface area contributed by atoms with Crippen LogP contribution in [0.25, 0.3) is 10.2 Å². The summed E-state index contributed by atoms with van der Waals surface area (Å²) in [6, 6.07) is 12.2. The van der Waals surface area contributed by atoms with E-state index < -0.39 is 16.1 Å². The fourth-order valence-corrected chi connectivity index (χ4v) is 8.09. The number of aromatic nitrogens is 1. The third kappa shape index (κ3) is 4.19.